The Morgan fingerprint density at radius 3 is 2.81 bits per heavy atom. The van der Waals surface area contributed by atoms with E-state index in [0.29, 0.717) is 17.9 Å². The van der Waals surface area contributed by atoms with E-state index in [9.17, 15) is 14.4 Å². The molecule has 2 aromatic carbocycles. The van der Waals surface area contributed by atoms with Crippen molar-refractivity contribution in [2.75, 3.05) is 38.5 Å². The molecule has 0 aliphatic carbocycles. The molecule has 1 unspecified atom stereocenters. The van der Waals surface area contributed by atoms with Crippen LogP contribution in [0.15, 0.2) is 36.4 Å². The van der Waals surface area contributed by atoms with E-state index >= 15 is 4.39 Å². The molecule has 0 radical (unpaired) electrons. The number of likely N-dealkylation sites (tertiary alicyclic amines) is 1. The number of fused-ring (bicyclic) bond motifs is 1. The van der Waals surface area contributed by atoms with Crippen molar-refractivity contribution in [3.63, 3.8) is 0 Å². The van der Waals surface area contributed by atoms with Gasteiger partial charge in [0.1, 0.15) is 17.6 Å². The molecule has 1 amide bonds. The normalized spacial score (nSPS) is 19.5. The lowest BCUT2D eigenvalue weighted by Crippen LogP contribution is -2.53. The first kappa shape index (κ1) is 22.3. The van der Waals surface area contributed by atoms with Crippen LogP contribution in [0.25, 0.3) is 0 Å². The Hall–Kier alpha value is -2.89. The van der Waals surface area contributed by atoms with E-state index in [-0.39, 0.29) is 49.0 Å². The molecule has 6 nitrogen and oxygen atoms in total. The zero-order valence-electron chi connectivity index (χ0n) is 17.6. The maximum atomic E-state index is 15.6. The molecule has 1 saturated heterocycles. The van der Waals surface area contributed by atoms with Crippen molar-refractivity contribution in [3.8, 4) is 11.8 Å². The molecule has 9 heteroatoms. The minimum atomic E-state index is -1.48. The number of carbonyl (C=O) groups excluding carboxylic acids is 1. The second-order valence-electron chi connectivity index (χ2n) is 8.23. The molecule has 4 rings (SSSR count). The summed E-state index contributed by atoms with van der Waals surface area (Å²) in [5.41, 5.74) is -0.0228. The molecule has 2 aliphatic heterocycles. The number of ether oxygens (including phenoxy) is 1. The molecule has 1 N–H and O–H groups in total. The maximum Gasteiger partial charge on any atom is 0.253 e. The van der Waals surface area contributed by atoms with Crippen LogP contribution in [0.1, 0.15) is 28.8 Å². The number of nitrogens with zero attached hydrogens (tertiary/aromatic N) is 3. The molecule has 2 aromatic rings. The van der Waals surface area contributed by atoms with Gasteiger partial charge in [-0.15, -0.1) is 0 Å². The number of para-hydroxylation sites is 1. The van der Waals surface area contributed by atoms with Gasteiger partial charge in [-0.2, -0.15) is 5.26 Å². The number of hydrogen-bond acceptors (Lipinski definition) is 5. The number of nitrogens with one attached hydrogen (secondary N) is 1. The molecular formula is C23H23ClF2N4O2. The van der Waals surface area contributed by atoms with Crippen molar-refractivity contribution in [1.82, 2.24) is 9.80 Å². The van der Waals surface area contributed by atoms with E-state index in [0.717, 1.165) is 11.8 Å². The molecule has 0 bridgehead atoms. The Kier molecular flexibility index (Phi) is 6.22. The summed E-state index contributed by atoms with van der Waals surface area (Å²) in [6.07, 6.45) is -0.0678. The Morgan fingerprint density at radius 2 is 2.12 bits per heavy atom. The molecule has 2 heterocycles. The first-order valence-corrected chi connectivity index (χ1v) is 10.7. The third kappa shape index (κ3) is 4.50. The van der Waals surface area contributed by atoms with Crippen LogP contribution < -0.4 is 10.1 Å². The van der Waals surface area contributed by atoms with Crippen LogP contribution in [0.3, 0.4) is 0 Å². The SMILES string of the molecule is CN(CC1(F)CCN(C(=O)c2ccc(F)c(Cl)c2)CC1)C1CNc2cccc(C#N)c2O1. The number of hydrogen-bond donors (Lipinski definition) is 1. The van der Waals surface area contributed by atoms with Gasteiger partial charge in [-0.05, 0) is 37.4 Å². The summed E-state index contributed by atoms with van der Waals surface area (Å²) in [4.78, 5) is 16.0. The number of piperidine rings is 1. The minimum Gasteiger partial charge on any atom is -0.470 e. The molecule has 168 valence electrons. The highest BCUT2D eigenvalue weighted by Gasteiger charge is 2.39. The van der Waals surface area contributed by atoms with Gasteiger partial charge in [0.15, 0.2) is 12.0 Å². The standard InChI is InChI=1S/C23H23ClF2N4O2/c1-29(20-13-28-19-4-2-3-16(12-27)21(19)32-20)14-23(26)7-9-30(10-8-23)22(31)15-5-6-18(25)17(24)11-15/h2-6,11,20,28H,7-10,13-14H2,1H3. The quantitative estimate of drug-likeness (QED) is 0.745. The average molecular weight is 461 g/mol. The van der Waals surface area contributed by atoms with Gasteiger partial charge in [0, 0.05) is 38.0 Å². The van der Waals surface area contributed by atoms with Crippen molar-refractivity contribution in [2.45, 2.75) is 24.7 Å². The van der Waals surface area contributed by atoms with Crippen molar-refractivity contribution < 1.29 is 18.3 Å². The number of anilines is 1. The van der Waals surface area contributed by atoms with Gasteiger partial charge >= 0.3 is 0 Å². The van der Waals surface area contributed by atoms with Gasteiger partial charge in [-0.25, -0.2) is 8.78 Å². The number of rotatable bonds is 4. The Bertz CT molecular complexity index is 1070. The molecule has 1 atom stereocenters. The maximum absolute atomic E-state index is 15.6. The molecule has 32 heavy (non-hydrogen) atoms. The fourth-order valence-corrected chi connectivity index (χ4v) is 4.32. The fourth-order valence-electron chi connectivity index (χ4n) is 4.14. The third-order valence-corrected chi connectivity index (χ3v) is 6.28. The summed E-state index contributed by atoms with van der Waals surface area (Å²) in [5.74, 6) is -0.399. The van der Waals surface area contributed by atoms with Crippen LogP contribution in [-0.2, 0) is 0 Å². The lowest BCUT2D eigenvalue weighted by Gasteiger charge is -2.41. The predicted octanol–water partition coefficient (Wildman–Crippen LogP) is 4.06. The highest BCUT2D eigenvalue weighted by Crippen LogP contribution is 2.34. The van der Waals surface area contributed by atoms with Crippen molar-refractivity contribution >= 4 is 23.2 Å². The fraction of sp³-hybridized carbons (Fsp3) is 0.391. The number of carbonyl (C=O) groups is 1. The Morgan fingerprint density at radius 1 is 1.38 bits per heavy atom. The highest BCUT2D eigenvalue weighted by molar-refractivity contribution is 6.31. The van der Waals surface area contributed by atoms with Crippen LogP contribution in [-0.4, -0.2) is 60.8 Å². The van der Waals surface area contributed by atoms with Gasteiger partial charge < -0.3 is 15.0 Å². The minimum absolute atomic E-state index is 0.114. The van der Waals surface area contributed by atoms with Crippen molar-refractivity contribution in [3.05, 3.63) is 58.4 Å². The molecular weight excluding hydrogens is 438 g/mol. The topological polar surface area (TPSA) is 68.6 Å². The van der Waals surface area contributed by atoms with E-state index in [2.05, 4.69) is 11.4 Å². The number of alkyl halides is 1. The largest absolute Gasteiger partial charge is 0.470 e. The summed E-state index contributed by atoms with van der Waals surface area (Å²) >= 11 is 5.78. The van der Waals surface area contributed by atoms with E-state index in [4.69, 9.17) is 16.3 Å². The second kappa shape index (κ2) is 8.93. The van der Waals surface area contributed by atoms with Crippen LogP contribution in [0.5, 0.6) is 5.75 Å². The first-order chi connectivity index (χ1) is 15.3. The third-order valence-electron chi connectivity index (χ3n) is 5.99. The van der Waals surface area contributed by atoms with Crippen LogP contribution in [0, 0.1) is 17.1 Å². The van der Waals surface area contributed by atoms with Gasteiger partial charge in [-0.1, -0.05) is 17.7 Å². The van der Waals surface area contributed by atoms with Crippen LogP contribution in [0.2, 0.25) is 5.02 Å². The predicted molar refractivity (Wildman–Crippen MR) is 117 cm³/mol. The Labute approximate surface area is 190 Å². The first-order valence-electron chi connectivity index (χ1n) is 10.4. The lowest BCUT2D eigenvalue weighted by atomic mass is 9.92. The van der Waals surface area contributed by atoms with Crippen LogP contribution in [0.4, 0.5) is 14.5 Å². The van der Waals surface area contributed by atoms with Crippen LogP contribution >= 0.6 is 11.6 Å². The summed E-state index contributed by atoms with van der Waals surface area (Å²) in [7, 11) is 1.78. The van der Waals surface area contributed by atoms with E-state index in [1.807, 2.05) is 6.07 Å². The summed E-state index contributed by atoms with van der Waals surface area (Å²) in [6, 6.07) is 11.3. The van der Waals surface area contributed by atoms with Gasteiger partial charge in [0.25, 0.3) is 5.91 Å². The lowest BCUT2D eigenvalue weighted by molar-refractivity contribution is -0.0192. The smallest absolute Gasteiger partial charge is 0.253 e. The molecule has 2 aliphatic rings. The van der Waals surface area contributed by atoms with Crippen molar-refractivity contribution in [2.24, 2.45) is 0 Å². The molecule has 0 aromatic heterocycles. The molecule has 0 saturated carbocycles. The highest BCUT2D eigenvalue weighted by atomic mass is 35.5. The average Bonchev–Trinajstić information content (AvgIpc) is 2.80. The number of nitriles is 1. The van der Waals surface area contributed by atoms with E-state index in [1.165, 1.54) is 12.1 Å². The van der Waals surface area contributed by atoms with Gasteiger partial charge in [-0.3, -0.25) is 9.69 Å². The zero-order chi connectivity index (χ0) is 22.9. The van der Waals surface area contributed by atoms with Crippen molar-refractivity contribution in [1.29, 1.82) is 5.26 Å². The van der Waals surface area contributed by atoms with Gasteiger partial charge in [0.05, 0.1) is 22.8 Å². The number of halogens is 3. The monoisotopic (exact) mass is 460 g/mol. The summed E-state index contributed by atoms with van der Waals surface area (Å²) < 4.78 is 35.0. The van der Waals surface area contributed by atoms with Gasteiger partial charge in [0.2, 0.25) is 0 Å². The Balaban J connectivity index is 1.36. The summed E-state index contributed by atoms with van der Waals surface area (Å²) in [5, 5.41) is 12.4. The number of benzene rings is 2. The second-order valence-corrected chi connectivity index (χ2v) is 8.64. The number of amides is 1. The zero-order valence-corrected chi connectivity index (χ0v) is 18.3. The number of likely N-dealkylation sites (N-methyl/N-ethyl adjacent to an activating group) is 1. The summed E-state index contributed by atoms with van der Waals surface area (Å²) in [6.45, 7) is 1.10. The molecule has 0 spiro atoms. The van der Waals surface area contributed by atoms with E-state index in [1.54, 1.807) is 29.0 Å². The molecule has 1 fully saturated rings. The van der Waals surface area contributed by atoms with E-state index < -0.39 is 17.7 Å².